The summed E-state index contributed by atoms with van der Waals surface area (Å²) >= 11 is 3.18. The highest BCUT2D eigenvalue weighted by Crippen LogP contribution is 2.29. The van der Waals surface area contributed by atoms with E-state index in [1.807, 2.05) is 34.5 Å². The zero-order chi connectivity index (χ0) is 27.2. The SMILES string of the molecule is COc1ccc(CN(Cc2cccs2)C2CCN(C(=O)c3cccs3)[C@@H](C(=O)NC3CCC(N)CC3)C2)cc1. The molecule has 3 N–H and O–H groups in total. The smallest absolute Gasteiger partial charge is 0.264 e. The summed E-state index contributed by atoms with van der Waals surface area (Å²) in [5, 5.41) is 7.31. The molecule has 5 rings (SSSR count). The van der Waals surface area contributed by atoms with Gasteiger partial charge in [0.25, 0.3) is 5.91 Å². The van der Waals surface area contributed by atoms with Crippen LogP contribution in [0.2, 0.25) is 0 Å². The minimum atomic E-state index is -0.504. The van der Waals surface area contributed by atoms with E-state index in [2.05, 4.69) is 39.9 Å². The number of hydrogen-bond donors (Lipinski definition) is 2. The van der Waals surface area contributed by atoms with Crippen molar-refractivity contribution in [3.8, 4) is 5.75 Å². The van der Waals surface area contributed by atoms with Crippen molar-refractivity contribution in [2.45, 2.75) is 75.8 Å². The molecule has 1 unspecified atom stereocenters. The molecule has 2 atom stereocenters. The molecular formula is C30H38N4O3S2. The van der Waals surface area contributed by atoms with Gasteiger partial charge in [0.2, 0.25) is 5.91 Å². The maximum atomic E-state index is 13.8. The van der Waals surface area contributed by atoms with Crippen LogP contribution in [0.1, 0.15) is 58.6 Å². The molecule has 1 saturated heterocycles. The van der Waals surface area contributed by atoms with Gasteiger partial charge in [0, 0.05) is 42.6 Å². The summed E-state index contributed by atoms with van der Waals surface area (Å²) in [6.07, 6.45) is 5.06. The Labute approximate surface area is 238 Å². The quantitative estimate of drug-likeness (QED) is 0.386. The highest BCUT2D eigenvalue weighted by Gasteiger charge is 2.39. The fraction of sp³-hybridized carbons (Fsp3) is 0.467. The number of amides is 2. The van der Waals surface area contributed by atoms with Gasteiger partial charge in [-0.15, -0.1) is 22.7 Å². The molecule has 2 aliphatic rings. The van der Waals surface area contributed by atoms with Crippen LogP contribution in [0.4, 0.5) is 0 Å². The molecule has 0 spiro atoms. The molecule has 1 aromatic carbocycles. The highest BCUT2D eigenvalue weighted by atomic mass is 32.1. The Balaban J connectivity index is 1.36. The number of carbonyl (C=O) groups excluding carboxylic acids is 2. The van der Waals surface area contributed by atoms with Gasteiger partial charge in [0.05, 0.1) is 12.0 Å². The maximum Gasteiger partial charge on any atom is 0.264 e. The molecule has 0 radical (unpaired) electrons. The zero-order valence-corrected chi connectivity index (χ0v) is 24.1. The Morgan fingerprint density at radius 3 is 2.41 bits per heavy atom. The summed E-state index contributed by atoms with van der Waals surface area (Å²) in [6.45, 7) is 2.13. The number of methoxy groups -OCH3 is 1. The third kappa shape index (κ3) is 7.08. The van der Waals surface area contributed by atoms with E-state index < -0.39 is 6.04 Å². The lowest BCUT2D eigenvalue weighted by Gasteiger charge is -2.43. The predicted octanol–water partition coefficient (Wildman–Crippen LogP) is 4.88. The number of thiophene rings is 2. The number of likely N-dealkylation sites (tertiary alicyclic amines) is 1. The second-order valence-electron chi connectivity index (χ2n) is 10.6. The van der Waals surface area contributed by atoms with Crippen LogP contribution < -0.4 is 15.8 Å². The molecule has 2 amide bonds. The predicted molar refractivity (Wildman–Crippen MR) is 157 cm³/mol. The van der Waals surface area contributed by atoms with Crippen molar-refractivity contribution in [3.05, 3.63) is 74.6 Å². The fourth-order valence-corrected chi connectivity index (χ4v) is 7.16. The lowest BCUT2D eigenvalue weighted by Crippen LogP contribution is -2.58. The van der Waals surface area contributed by atoms with Crippen LogP contribution in [0.25, 0.3) is 0 Å². The average Bonchev–Trinajstić information content (AvgIpc) is 3.69. The fourth-order valence-electron chi connectivity index (χ4n) is 5.76. The normalized spacial score (nSPS) is 23.5. The van der Waals surface area contributed by atoms with Crippen molar-refractivity contribution in [1.82, 2.24) is 15.1 Å². The Kier molecular flexibility index (Phi) is 9.34. The van der Waals surface area contributed by atoms with Crippen LogP contribution in [0.15, 0.2) is 59.3 Å². The van der Waals surface area contributed by atoms with E-state index in [4.69, 9.17) is 10.5 Å². The number of nitrogens with one attached hydrogen (secondary N) is 1. The molecule has 1 saturated carbocycles. The molecule has 0 bridgehead atoms. The number of piperidine rings is 1. The van der Waals surface area contributed by atoms with E-state index in [1.54, 1.807) is 18.4 Å². The maximum absolute atomic E-state index is 13.8. The molecule has 2 fully saturated rings. The largest absolute Gasteiger partial charge is 0.497 e. The second-order valence-corrected chi connectivity index (χ2v) is 12.6. The van der Waals surface area contributed by atoms with Crippen molar-refractivity contribution in [2.75, 3.05) is 13.7 Å². The molecule has 1 aliphatic heterocycles. The number of benzene rings is 1. The molecule has 7 nitrogen and oxygen atoms in total. The van der Waals surface area contributed by atoms with Crippen LogP contribution in [-0.4, -0.2) is 59.4 Å². The first-order chi connectivity index (χ1) is 19.0. The molecule has 3 aromatic rings. The molecule has 2 aromatic heterocycles. The molecule has 39 heavy (non-hydrogen) atoms. The third-order valence-electron chi connectivity index (χ3n) is 7.99. The second kappa shape index (κ2) is 13.1. The number of rotatable bonds is 9. The number of nitrogens with two attached hydrogens (primary N) is 1. The van der Waals surface area contributed by atoms with Crippen LogP contribution in [-0.2, 0) is 17.9 Å². The Morgan fingerprint density at radius 1 is 1.00 bits per heavy atom. The van der Waals surface area contributed by atoms with Gasteiger partial charge in [-0.05, 0) is 79.1 Å². The number of carbonyl (C=O) groups is 2. The average molecular weight is 567 g/mol. The minimum Gasteiger partial charge on any atom is -0.497 e. The minimum absolute atomic E-state index is 0.0365. The molecule has 3 heterocycles. The summed E-state index contributed by atoms with van der Waals surface area (Å²) in [5.74, 6) is 0.754. The first kappa shape index (κ1) is 27.8. The van der Waals surface area contributed by atoms with E-state index in [0.29, 0.717) is 17.8 Å². The summed E-state index contributed by atoms with van der Waals surface area (Å²) in [5.41, 5.74) is 7.30. The van der Waals surface area contributed by atoms with Gasteiger partial charge in [0.1, 0.15) is 11.8 Å². The summed E-state index contributed by atoms with van der Waals surface area (Å²) in [7, 11) is 1.68. The molecule has 208 valence electrons. The monoisotopic (exact) mass is 566 g/mol. The zero-order valence-electron chi connectivity index (χ0n) is 22.5. The first-order valence-corrected chi connectivity index (χ1v) is 15.6. The Bertz CT molecular complexity index is 1190. The van der Waals surface area contributed by atoms with Gasteiger partial charge in [0.15, 0.2) is 0 Å². The Hall–Kier alpha value is -2.72. The number of hydrogen-bond acceptors (Lipinski definition) is 7. The summed E-state index contributed by atoms with van der Waals surface area (Å²) < 4.78 is 5.35. The van der Waals surface area contributed by atoms with Crippen molar-refractivity contribution < 1.29 is 14.3 Å². The van der Waals surface area contributed by atoms with Gasteiger partial charge in [-0.2, -0.15) is 0 Å². The molecule has 9 heteroatoms. The van der Waals surface area contributed by atoms with Gasteiger partial charge in [-0.25, -0.2) is 0 Å². The van der Waals surface area contributed by atoms with Crippen LogP contribution in [0.5, 0.6) is 5.75 Å². The standard InChI is InChI=1S/C30H38N4O3S2/c1-37-25-12-6-21(7-13-25)19-33(20-26-4-2-16-38-26)24-14-15-34(30(36)28-5-3-17-39-28)27(18-24)29(35)32-23-10-8-22(31)9-11-23/h2-7,12-13,16-17,22-24,27H,8-11,14-15,18-20,31H2,1H3,(H,32,35)/t22?,23?,24?,27-/m1/s1. The van der Waals surface area contributed by atoms with Crippen molar-refractivity contribution in [2.24, 2.45) is 5.73 Å². The molecule has 1 aliphatic carbocycles. The Morgan fingerprint density at radius 2 is 1.74 bits per heavy atom. The van der Waals surface area contributed by atoms with Gasteiger partial charge < -0.3 is 20.7 Å². The van der Waals surface area contributed by atoms with Crippen LogP contribution in [0.3, 0.4) is 0 Å². The van der Waals surface area contributed by atoms with Crippen LogP contribution in [0, 0.1) is 0 Å². The highest BCUT2D eigenvalue weighted by molar-refractivity contribution is 7.12. The van der Waals surface area contributed by atoms with Crippen molar-refractivity contribution in [3.63, 3.8) is 0 Å². The van der Waals surface area contributed by atoms with E-state index in [-0.39, 0.29) is 29.9 Å². The summed E-state index contributed by atoms with van der Waals surface area (Å²) in [6, 6.07) is 16.2. The summed E-state index contributed by atoms with van der Waals surface area (Å²) in [4.78, 5) is 33.6. The van der Waals surface area contributed by atoms with Crippen molar-refractivity contribution in [1.29, 1.82) is 0 Å². The number of nitrogens with zero attached hydrogens (tertiary/aromatic N) is 2. The van der Waals surface area contributed by atoms with E-state index in [9.17, 15) is 9.59 Å². The topological polar surface area (TPSA) is 87.9 Å². The van der Waals surface area contributed by atoms with E-state index in [0.717, 1.165) is 50.9 Å². The molecular weight excluding hydrogens is 528 g/mol. The van der Waals surface area contributed by atoms with Gasteiger partial charge in [-0.3, -0.25) is 14.5 Å². The van der Waals surface area contributed by atoms with Crippen molar-refractivity contribution >= 4 is 34.5 Å². The third-order valence-corrected chi connectivity index (χ3v) is 9.71. The first-order valence-electron chi connectivity index (χ1n) is 13.8. The number of ether oxygens (including phenoxy) is 1. The van der Waals surface area contributed by atoms with E-state index >= 15 is 0 Å². The van der Waals surface area contributed by atoms with Gasteiger partial charge in [-0.1, -0.05) is 24.3 Å². The lowest BCUT2D eigenvalue weighted by atomic mass is 9.90. The van der Waals surface area contributed by atoms with Gasteiger partial charge >= 0.3 is 0 Å². The lowest BCUT2D eigenvalue weighted by molar-refractivity contribution is -0.128. The van der Waals surface area contributed by atoms with Crippen LogP contribution >= 0.6 is 22.7 Å². The van der Waals surface area contributed by atoms with E-state index in [1.165, 1.54) is 21.8 Å².